The molecule has 8 nitrogen and oxygen atoms in total. The van der Waals surface area contributed by atoms with Gasteiger partial charge >= 0.3 is 5.69 Å². The van der Waals surface area contributed by atoms with E-state index in [0.29, 0.717) is 30.6 Å². The Morgan fingerprint density at radius 1 is 1.15 bits per heavy atom. The highest BCUT2D eigenvalue weighted by Crippen LogP contribution is 2.18. The first-order valence-corrected chi connectivity index (χ1v) is 8.78. The second-order valence-electron chi connectivity index (χ2n) is 6.72. The van der Waals surface area contributed by atoms with Gasteiger partial charge in [-0.25, -0.2) is 9.78 Å². The van der Waals surface area contributed by atoms with Crippen molar-refractivity contribution in [1.29, 1.82) is 0 Å². The van der Waals surface area contributed by atoms with E-state index in [9.17, 15) is 14.4 Å². The molecule has 2 aromatic heterocycles. The van der Waals surface area contributed by atoms with E-state index in [2.05, 4.69) is 10.3 Å². The van der Waals surface area contributed by atoms with Crippen molar-refractivity contribution in [2.75, 3.05) is 5.32 Å². The predicted octanol–water partition coefficient (Wildman–Crippen LogP) is 1.47. The van der Waals surface area contributed by atoms with Crippen molar-refractivity contribution in [1.82, 2.24) is 18.7 Å². The molecule has 3 rings (SSSR count). The van der Waals surface area contributed by atoms with Crippen LogP contribution in [0.1, 0.15) is 24.0 Å². The van der Waals surface area contributed by atoms with Crippen LogP contribution in [-0.2, 0) is 25.4 Å². The first-order chi connectivity index (χ1) is 12.8. The second-order valence-corrected chi connectivity index (χ2v) is 6.72. The van der Waals surface area contributed by atoms with Crippen molar-refractivity contribution < 1.29 is 4.79 Å². The molecule has 0 atom stereocenters. The first kappa shape index (κ1) is 18.6. The molecule has 27 heavy (non-hydrogen) atoms. The Bertz CT molecular complexity index is 1140. The molecule has 2 heterocycles. The summed E-state index contributed by atoms with van der Waals surface area (Å²) in [7, 11) is 3.03. The third-order valence-electron chi connectivity index (χ3n) is 4.90. The number of carbonyl (C=O) groups excluding carboxylic acids is 1. The normalized spacial score (nSPS) is 11.1. The van der Waals surface area contributed by atoms with Gasteiger partial charge in [-0.05, 0) is 37.5 Å². The van der Waals surface area contributed by atoms with Gasteiger partial charge in [0.15, 0.2) is 11.2 Å². The van der Waals surface area contributed by atoms with Crippen LogP contribution in [0.2, 0.25) is 0 Å². The van der Waals surface area contributed by atoms with Gasteiger partial charge in [-0.15, -0.1) is 0 Å². The number of amides is 1. The Hall–Kier alpha value is -3.16. The molecule has 0 fully saturated rings. The molecular formula is C19H23N5O3. The SMILES string of the molecule is Cc1cccc(NC(=O)CCCn2cnc3c2c(=O)n(C)c(=O)n3C)c1C. The van der Waals surface area contributed by atoms with Crippen LogP contribution in [-0.4, -0.2) is 24.6 Å². The van der Waals surface area contributed by atoms with E-state index in [1.165, 1.54) is 17.9 Å². The maximum atomic E-state index is 12.4. The Morgan fingerprint density at radius 3 is 2.63 bits per heavy atom. The van der Waals surface area contributed by atoms with Crippen molar-refractivity contribution in [3.05, 3.63) is 56.5 Å². The summed E-state index contributed by atoms with van der Waals surface area (Å²) in [5, 5.41) is 2.93. The quantitative estimate of drug-likeness (QED) is 0.737. The summed E-state index contributed by atoms with van der Waals surface area (Å²) in [5.41, 5.74) is 2.92. The van der Waals surface area contributed by atoms with Gasteiger partial charge in [-0.2, -0.15) is 0 Å². The van der Waals surface area contributed by atoms with E-state index in [4.69, 9.17) is 0 Å². The molecular weight excluding hydrogens is 346 g/mol. The van der Waals surface area contributed by atoms with Crippen LogP contribution in [0.5, 0.6) is 0 Å². The van der Waals surface area contributed by atoms with Crippen LogP contribution in [0.3, 0.4) is 0 Å². The van der Waals surface area contributed by atoms with Gasteiger partial charge in [0.05, 0.1) is 6.33 Å². The number of imidazole rings is 1. The Kier molecular flexibility index (Phi) is 4.98. The standard InChI is InChI=1S/C19H23N5O3/c1-12-7-5-8-14(13(12)2)21-15(25)9-6-10-24-11-20-17-16(24)18(26)23(4)19(27)22(17)3/h5,7-8,11H,6,9-10H2,1-4H3,(H,21,25). The Balaban J connectivity index is 1.71. The van der Waals surface area contributed by atoms with E-state index in [0.717, 1.165) is 21.4 Å². The number of aryl methyl sites for hydroxylation is 3. The number of rotatable bonds is 5. The van der Waals surface area contributed by atoms with Crippen LogP contribution >= 0.6 is 0 Å². The van der Waals surface area contributed by atoms with E-state index in [1.807, 2.05) is 32.0 Å². The van der Waals surface area contributed by atoms with Crippen LogP contribution in [0, 0.1) is 13.8 Å². The smallest absolute Gasteiger partial charge is 0.326 e. The van der Waals surface area contributed by atoms with Gasteiger partial charge in [0, 0.05) is 32.7 Å². The zero-order chi connectivity index (χ0) is 19.7. The average Bonchev–Trinajstić information content (AvgIpc) is 3.06. The lowest BCUT2D eigenvalue weighted by Crippen LogP contribution is -2.37. The zero-order valence-corrected chi connectivity index (χ0v) is 15.9. The van der Waals surface area contributed by atoms with Crippen molar-refractivity contribution in [3.63, 3.8) is 0 Å². The highest BCUT2D eigenvalue weighted by atomic mass is 16.2. The summed E-state index contributed by atoms with van der Waals surface area (Å²) < 4.78 is 4.11. The highest BCUT2D eigenvalue weighted by Gasteiger charge is 2.14. The summed E-state index contributed by atoms with van der Waals surface area (Å²) in [6.45, 7) is 4.44. The first-order valence-electron chi connectivity index (χ1n) is 8.78. The van der Waals surface area contributed by atoms with Crippen LogP contribution in [0.4, 0.5) is 5.69 Å². The molecule has 8 heteroatoms. The van der Waals surface area contributed by atoms with E-state index >= 15 is 0 Å². The lowest BCUT2D eigenvalue weighted by molar-refractivity contribution is -0.116. The molecule has 1 amide bonds. The summed E-state index contributed by atoms with van der Waals surface area (Å²) >= 11 is 0. The molecule has 0 aliphatic heterocycles. The van der Waals surface area contributed by atoms with Crippen LogP contribution in [0.25, 0.3) is 11.2 Å². The molecule has 1 N–H and O–H groups in total. The lowest BCUT2D eigenvalue weighted by Gasteiger charge is -2.10. The second kappa shape index (κ2) is 7.22. The van der Waals surface area contributed by atoms with Gasteiger partial charge in [-0.3, -0.25) is 18.7 Å². The monoisotopic (exact) mass is 369 g/mol. The molecule has 0 aliphatic rings. The van der Waals surface area contributed by atoms with E-state index in [-0.39, 0.29) is 11.5 Å². The third kappa shape index (κ3) is 3.42. The number of aromatic nitrogens is 4. The molecule has 0 radical (unpaired) electrons. The van der Waals surface area contributed by atoms with Gasteiger partial charge in [-0.1, -0.05) is 12.1 Å². The van der Waals surface area contributed by atoms with E-state index in [1.54, 1.807) is 11.6 Å². The largest absolute Gasteiger partial charge is 0.332 e. The minimum absolute atomic E-state index is 0.0755. The summed E-state index contributed by atoms with van der Waals surface area (Å²) in [5.74, 6) is -0.0755. The van der Waals surface area contributed by atoms with Crippen molar-refractivity contribution >= 4 is 22.8 Å². The topological polar surface area (TPSA) is 90.9 Å². The number of hydrogen-bond acceptors (Lipinski definition) is 4. The fraction of sp³-hybridized carbons (Fsp3) is 0.368. The third-order valence-corrected chi connectivity index (χ3v) is 4.90. The predicted molar refractivity (Wildman–Crippen MR) is 104 cm³/mol. The molecule has 0 saturated carbocycles. The number of nitrogens with zero attached hydrogens (tertiary/aromatic N) is 4. The number of fused-ring (bicyclic) bond motifs is 1. The molecule has 142 valence electrons. The molecule has 0 saturated heterocycles. The summed E-state index contributed by atoms with van der Waals surface area (Å²) in [6.07, 6.45) is 2.40. The Labute approximate surface area is 156 Å². The van der Waals surface area contributed by atoms with Crippen molar-refractivity contribution in [3.8, 4) is 0 Å². The molecule has 0 unspecified atom stereocenters. The fourth-order valence-electron chi connectivity index (χ4n) is 3.08. The number of anilines is 1. The molecule has 3 aromatic rings. The van der Waals surface area contributed by atoms with Gasteiger partial charge in [0.25, 0.3) is 5.56 Å². The zero-order valence-electron chi connectivity index (χ0n) is 15.9. The van der Waals surface area contributed by atoms with Gasteiger partial charge in [0.1, 0.15) is 0 Å². The van der Waals surface area contributed by atoms with E-state index < -0.39 is 5.69 Å². The number of carbonyl (C=O) groups is 1. The molecule has 1 aromatic carbocycles. The average molecular weight is 369 g/mol. The minimum atomic E-state index is -0.411. The highest BCUT2D eigenvalue weighted by molar-refractivity contribution is 5.91. The number of hydrogen-bond donors (Lipinski definition) is 1. The summed E-state index contributed by atoms with van der Waals surface area (Å²) in [4.78, 5) is 40.8. The number of benzene rings is 1. The van der Waals surface area contributed by atoms with Gasteiger partial charge in [0.2, 0.25) is 5.91 Å². The fourth-order valence-corrected chi connectivity index (χ4v) is 3.08. The molecule has 0 bridgehead atoms. The van der Waals surface area contributed by atoms with Crippen LogP contribution in [0.15, 0.2) is 34.1 Å². The van der Waals surface area contributed by atoms with Crippen LogP contribution < -0.4 is 16.6 Å². The van der Waals surface area contributed by atoms with Crippen molar-refractivity contribution in [2.45, 2.75) is 33.2 Å². The molecule has 0 aliphatic carbocycles. The van der Waals surface area contributed by atoms with Crippen molar-refractivity contribution in [2.24, 2.45) is 14.1 Å². The summed E-state index contributed by atoms with van der Waals surface area (Å²) in [6, 6.07) is 5.80. The minimum Gasteiger partial charge on any atom is -0.326 e. The maximum Gasteiger partial charge on any atom is 0.332 e. The number of nitrogens with one attached hydrogen (secondary N) is 1. The molecule has 0 spiro atoms. The van der Waals surface area contributed by atoms with Gasteiger partial charge < -0.3 is 9.88 Å². The lowest BCUT2D eigenvalue weighted by atomic mass is 10.1. The maximum absolute atomic E-state index is 12.4. The Morgan fingerprint density at radius 2 is 1.89 bits per heavy atom.